The lowest BCUT2D eigenvalue weighted by atomic mass is 10.1. The van der Waals surface area contributed by atoms with Crippen LogP contribution >= 0.6 is 0 Å². The monoisotopic (exact) mass is 355 g/mol. The van der Waals surface area contributed by atoms with Crippen molar-refractivity contribution in [2.24, 2.45) is 0 Å². The van der Waals surface area contributed by atoms with Gasteiger partial charge in [0.25, 0.3) is 5.91 Å². The van der Waals surface area contributed by atoms with E-state index in [9.17, 15) is 4.79 Å². The first kappa shape index (κ1) is 19.4. The molecule has 0 bridgehead atoms. The largest absolute Gasteiger partial charge is 0.493 e. The molecule has 0 aliphatic carbocycles. The van der Waals surface area contributed by atoms with Crippen molar-refractivity contribution in [3.63, 3.8) is 0 Å². The molecule has 1 atom stereocenters. The zero-order chi connectivity index (χ0) is 18.9. The Morgan fingerprint density at radius 3 is 2.50 bits per heavy atom. The van der Waals surface area contributed by atoms with Gasteiger partial charge in [0.15, 0.2) is 11.5 Å². The second-order valence-electron chi connectivity index (χ2n) is 5.66. The first-order valence-corrected chi connectivity index (χ1v) is 8.54. The summed E-state index contributed by atoms with van der Waals surface area (Å²) in [4.78, 5) is 12.5. The Hall–Kier alpha value is -2.95. The molecular formula is C21H25NO4. The van der Waals surface area contributed by atoms with Crippen LogP contribution in [0.2, 0.25) is 0 Å². The fraction of sp³-hybridized carbons (Fsp3) is 0.286. The van der Waals surface area contributed by atoms with Crippen molar-refractivity contribution in [2.75, 3.05) is 20.3 Å². The van der Waals surface area contributed by atoms with Crippen LogP contribution in [0.4, 0.5) is 0 Å². The molecule has 1 N–H and O–H groups in total. The van der Waals surface area contributed by atoms with Crippen LogP contribution in [0.15, 0.2) is 55.1 Å². The van der Waals surface area contributed by atoms with Crippen molar-refractivity contribution < 1.29 is 19.0 Å². The second-order valence-corrected chi connectivity index (χ2v) is 5.66. The van der Waals surface area contributed by atoms with E-state index in [2.05, 4.69) is 11.9 Å². The summed E-state index contributed by atoms with van der Waals surface area (Å²) in [6.45, 7) is 8.45. The lowest BCUT2D eigenvalue weighted by Gasteiger charge is -2.17. The van der Waals surface area contributed by atoms with E-state index in [1.807, 2.05) is 32.0 Å². The molecule has 0 spiro atoms. The quantitative estimate of drug-likeness (QED) is 0.687. The van der Waals surface area contributed by atoms with Gasteiger partial charge in [-0.1, -0.05) is 18.7 Å². The van der Waals surface area contributed by atoms with Gasteiger partial charge in [-0.25, -0.2) is 0 Å². The third kappa shape index (κ3) is 5.02. The number of benzene rings is 2. The standard InChI is InChI=1S/C21H25NO4/c1-5-13-26-18-10-7-16(8-11-18)21(23)22-15(3)17-9-12-19(25-6-2)20(14-17)24-4/h5,7-12,14-15H,1,6,13H2,2-4H3,(H,22,23). The molecular weight excluding hydrogens is 330 g/mol. The minimum Gasteiger partial charge on any atom is -0.493 e. The number of rotatable bonds is 9. The van der Waals surface area contributed by atoms with E-state index in [0.717, 1.165) is 5.56 Å². The van der Waals surface area contributed by atoms with Crippen molar-refractivity contribution in [1.82, 2.24) is 5.32 Å². The van der Waals surface area contributed by atoms with E-state index in [4.69, 9.17) is 14.2 Å². The Kier molecular flexibility index (Phi) is 7.09. The number of nitrogens with one attached hydrogen (secondary N) is 1. The van der Waals surface area contributed by atoms with Gasteiger partial charge in [0, 0.05) is 5.56 Å². The Labute approximate surface area is 154 Å². The van der Waals surface area contributed by atoms with Crippen LogP contribution in [0.25, 0.3) is 0 Å². The second kappa shape index (κ2) is 9.51. The molecule has 5 nitrogen and oxygen atoms in total. The van der Waals surface area contributed by atoms with E-state index in [-0.39, 0.29) is 11.9 Å². The van der Waals surface area contributed by atoms with Gasteiger partial charge < -0.3 is 19.5 Å². The van der Waals surface area contributed by atoms with Crippen LogP contribution in [-0.2, 0) is 0 Å². The Morgan fingerprint density at radius 2 is 1.88 bits per heavy atom. The zero-order valence-corrected chi connectivity index (χ0v) is 15.5. The van der Waals surface area contributed by atoms with Gasteiger partial charge in [0.1, 0.15) is 12.4 Å². The molecule has 26 heavy (non-hydrogen) atoms. The molecule has 138 valence electrons. The number of carbonyl (C=O) groups is 1. The fourth-order valence-electron chi connectivity index (χ4n) is 2.45. The predicted molar refractivity (Wildman–Crippen MR) is 102 cm³/mol. The van der Waals surface area contributed by atoms with Gasteiger partial charge in [-0.3, -0.25) is 4.79 Å². The molecule has 5 heteroatoms. The maximum absolute atomic E-state index is 12.5. The number of carbonyl (C=O) groups excluding carboxylic acids is 1. The maximum Gasteiger partial charge on any atom is 0.251 e. The molecule has 0 aliphatic rings. The van der Waals surface area contributed by atoms with Gasteiger partial charge in [-0.05, 0) is 55.8 Å². The molecule has 0 aliphatic heterocycles. The summed E-state index contributed by atoms with van der Waals surface area (Å²) in [7, 11) is 1.60. The molecule has 0 saturated carbocycles. The number of ether oxygens (including phenoxy) is 3. The molecule has 0 fully saturated rings. The Morgan fingerprint density at radius 1 is 1.15 bits per heavy atom. The fourth-order valence-corrected chi connectivity index (χ4v) is 2.45. The molecule has 2 rings (SSSR count). The first-order chi connectivity index (χ1) is 12.6. The number of hydrogen-bond donors (Lipinski definition) is 1. The summed E-state index contributed by atoms with van der Waals surface area (Å²) >= 11 is 0. The summed E-state index contributed by atoms with van der Waals surface area (Å²) < 4.78 is 16.3. The van der Waals surface area contributed by atoms with E-state index >= 15 is 0 Å². The van der Waals surface area contributed by atoms with E-state index in [1.165, 1.54) is 0 Å². The number of amides is 1. The summed E-state index contributed by atoms with van der Waals surface area (Å²) in [6.07, 6.45) is 1.67. The smallest absolute Gasteiger partial charge is 0.251 e. The van der Waals surface area contributed by atoms with Crippen LogP contribution in [0.1, 0.15) is 35.8 Å². The topological polar surface area (TPSA) is 56.8 Å². The zero-order valence-electron chi connectivity index (χ0n) is 15.5. The third-order valence-corrected chi connectivity index (χ3v) is 3.82. The molecule has 0 radical (unpaired) electrons. The van der Waals surface area contributed by atoms with Gasteiger partial charge >= 0.3 is 0 Å². The molecule has 1 amide bonds. The molecule has 2 aromatic carbocycles. The Balaban J connectivity index is 2.05. The van der Waals surface area contributed by atoms with Crippen LogP contribution in [0, 0.1) is 0 Å². The van der Waals surface area contributed by atoms with Crippen LogP contribution < -0.4 is 19.5 Å². The van der Waals surface area contributed by atoms with Crippen molar-refractivity contribution in [1.29, 1.82) is 0 Å². The van der Waals surface area contributed by atoms with Crippen molar-refractivity contribution in [3.8, 4) is 17.2 Å². The highest BCUT2D eigenvalue weighted by molar-refractivity contribution is 5.94. The summed E-state index contributed by atoms with van der Waals surface area (Å²) in [5, 5.41) is 2.99. The minimum absolute atomic E-state index is 0.152. The molecule has 2 aromatic rings. The average molecular weight is 355 g/mol. The van der Waals surface area contributed by atoms with Crippen LogP contribution in [0.3, 0.4) is 0 Å². The van der Waals surface area contributed by atoms with Crippen molar-refractivity contribution in [2.45, 2.75) is 19.9 Å². The number of hydrogen-bond acceptors (Lipinski definition) is 4. The highest BCUT2D eigenvalue weighted by atomic mass is 16.5. The SMILES string of the molecule is C=CCOc1ccc(C(=O)NC(C)c2ccc(OCC)c(OC)c2)cc1. The van der Waals surface area contributed by atoms with E-state index < -0.39 is 0 Å². The first-order valence-electron chi connectivity index (χ1n) is 8.54. The lowest BCUT2D eigenvalue weighted by Crippen LogP contribution is -2.26. The van der Waals surface area contributed by atoms with Crippen molar-refractivity contribution in [3.05, 3.63) is 66.2 Å². The average Bonchev–Trinajstić information content (AvgIpc) is 2.67. The summed E-state index contributed by atoms with van der Waals surface area (Å²) in [5.74, 6) is 1.88. The van der Waals surface area contributed by atoms with Gasteiger partial charge in [-0.2, -0.15) is 0 Å². The summed E-state index contributed by atoms with van der Waals surface area (Å²) in [5.41, 5.74) is 1.50. The van der Waals surface area contributed by atoms with E-state index in [0.29, 0.717) is 36.0 Å². The molecule has 0 saturated heterocycles. The normalized spacial score (nSPS) is 11.3. The highest BCUT2D eigenvalue weighted by Gasteiger charge is 2.14. The molecule has 0 heterocycles. The van der Waals surface area contributed by atoms with Gasteiger partial charge in [0.2, 0.25) is 0 Å². The van der Waals surface area contributed by atoms with Crippen molar-refractivity contribution >= 4 is 5.91 Å². The van der Waals surface area contributed by atoms with Crippen LogP contribution in [0.5, 0.6) is 17.2 Å². The predicted octanol–water partition coefficient (Wildman–Crippen LogP) is 4.15. The number of methoxy groups -OCH3 is 1. The van der Waals surface area contributed by atoms with Crippen LogP contribution in [-0.4, -0.2) is 26.2 Å². The molecule has 1 unspecified atom stereocenters. The molecule has 0 aromatic heterocycles. The Bertz CT molecular complexity index is 740. The maximum atomic E-state index is 12.5. The third-order valence-electron chi connectivity index (χ3n) is 3.82. The van der Waals surface area contributed by atoms with E-state index in [1.54, 1.807) is 37.5 Å². The summed E-state index contributed by atoms with van der Waals surface area (Å²) in [6, 6.07) is 12.5. The van der Waals surface area contributed by atoms with Gasteiger partial charge in [-0.15, -0.1) is 0 Å². The van der Waals surface area contributed by atoms with Gasteiger partial charge in [0.05, 0.1) is 19.8 Å². The minimum atomic E-state index is -0.177. The highest BCUT2D eigenvalue weighted by Crippen LogP contribution is 2.30. The lowest BCUT2D eigenvalue weighted by molar-refractivity contribution is 0.0940.